The number of ketones is 2. The lowest BCUT2D eigenvalue weighted by Gasteiger charge is -2.31. The lowest BCUT2D eigenvalue weighted by molar-refractivity contribution is 0.0897. The van der Waals surface area contributed by atoms with E-state index < -0.39 is 23.3 Å². The molecule has 2 N–H and O–H groups in total. The van der Waals surface area contributed by atoms with Crippen LogP contribution in [0.1, 0.15) is 32.2 Å². The molecule has 126 valence electrons. The third-order valence-corrected chi connectivity index (χ3v) is 4.50. The average molecular weight is 346 g/mol. The van der Waals surface area contributed by atoms with Gasteiger partial charge in [-0.15, -0.1) is 0 Å². The molecule has 0 saturated carbocycles. The number of benzene rings is 2. The van der Waals surface area contributed by atoms with E-state index in [1.165, 1.54) is 30.3 Å². The predicted octanol–water partition coefficient (Wildman–Crippen LogP) is 2.97. The van der Waals surface area contributed by atoms with E-state index in [2.05, 4.69) is 0 Å². The number of allylic oxidation sites excluding steroid dienone is 3. The fourth-order valence-corrected chi connectivity index (χ4v) is 3.33. The Morgan fingerprint density at radius 3 is 2.27 bits per heavy atom. The number of ether oxygens (including phenoxy) is 1. The first-order valence-corrected chi connectivity index (χ1v) is 7.79. The number of nitrogens with zero attached hydrogens (tertiary/aromatic N) is 1. The molecule has 0 unspecified atom stereocenters. The smallest absolute Gasteiger partial charge is 0.229 e. The molecule has 1 atom stereocenters. The number of hydrogen-bond donors (Lipinski definition) is 1. The van der Waals surface area contributed by atoms with E-state index in [-0.39, 0.29) is 39.5 Å². The number of carbonyl (C=O) groups excluding carboxylic acids is 2. The minimum absolute atomic E-state index is 0.0652. The SMILES string of the molecule is N#CC1=C(N)OC2=C(C(=O)c3ccccc3C2=O)[C@@H]1c1ccccc1F. The first kappa shape index (κ1) is 15.8. The molecule has 2 aromatic carbocycles. The van der Waals surface area contributed by atoms with E-state index in [1.54, 1.807) is 18.2 Å². The number of hydrogen-bond acceptors (Lipinski definition) is 5. The number of nitrogens with two attached hydrogens (primary N) is 1. The maximum Gasteiger partial charge on any atom is 0.229 e. The van der Waals surface area contributed by atoms with Gasteiger partial charge in [0.05, 0.1) is 11.5 Å². The zero-order chi connectivity index (χ0) is 18.4. The van der Waals surface area contributed by atoms with Crippen LogP contribution >= 0.6 is 0 Å². The van der Waals surface area contributed by atoms with Crippen molar-refractivity contribution in [3.63, 3.8) is 0 Å². The highest BCUT2D eigenvalue weighted by molar-refractivity contribution is 6.27. The van der Waals surface area contributed by atoms with Gasteiger partial charge in [0.2, 0.25) is 11.7 Å². The van der Waals surface area contributed by atoms with Crippen molar-refractivity contribution in [2.24, 2.45) is 5.73 Å². The first-order valence-electron chi connectivity index (χ1n) is 7.79. The Labute approximate surface area is 147 Å². The minimum atomic E-state index is -1.10. The topological polar surface area (TPSA) is 93.2 Å². The zero-order valence-corrected chi connectivity index (χ0v) is 13.3. The first-order chi connectivity index (χ1) is 12.5. The molecule has 4 rings (SSSR count). The van der Waals surface area contributed by atoms with E-state index in [9.17, 15) is 19.2 Å². The molecule has 5 nitrogen and oxygen atoms in total. The molecule has 1 aliphatic heterocycles. The van der Waals surface area contributed by atoms with Crippen LogP contribution in [0.15, 0.2) is 71.3 Å². The molecule has 2 aromatic rings. The summed E-state index contributed by atoms with van der Waals surface area (Å²) < 4.78 is 19.8. The Kier molecular flexibility index (Phi) is 3.44. The maximum absolute atomic E-state index is 14.5. The number of rotatable bonds is 1. The lowest BCUT2D eigenvalue weighted by Crippen LogP contribution is -2.32. The van der Waals surface area contributed by atoms with Crippen molar-refractivity contribution in [1.29, 1.82) is 5.26 Å². The molecule has 0 radical (unpaired) electrons. The van der Waals surface area contributed by atoms with Crippen LogP contribution in [0, 0.1) is 17.1 Å². The molecule has 0 spiro atoms. The Bertz CT molecular complexity index is 1090. The number of halogens is 1. The molecule has 0 fully saturated rings. The summed E-state index contributed by atoms with van der Waals surface area (Å²) in [6, 6.07) is 13.9. The predicted molar refractivity (Wildman–Crippen MR) is 89.2 cm³/mol. The largest absolute Gasteiger partial charge is 0.436 e. The second kappa shape index (κ2) is 5.67. The maximum atomic E-state index is 14.5. The van der Waals surface area contributed by atoms with Gasteiger partial charge in [0.15, 0.2) is 11.5 Å². The van der Waals surface area contributed by atoms with Gasteiger partial charge in [-0.3, -0.25) is 9.59 Å². The van der Waals surface area contributed by atoms with Gasteiger partial charge in [-0.1, -0.05) is 42.5 Å². The van der Waals surface area contributed by atoms with Crippen molar-refractivity contribution in [2.45, 2.75) is 5.92 Å². The summed E-state index contributed by atoms with van der Waals surface area (Å²) in [6.45, 7) is 0. The van der Waals surface area contributed by atoms with Gasteiger partial charge < -0.3 is 10.5 Å². The second-order valence-corrected chi connectivity index (χ2v) is 5.89. The quantitative estimate of drug-likeness (QED) is 0.857. The fourth-order valence-electron chi connectivity index (χ4n) is 3.33. The van der Waals surface area contributed by atoms with Gasteiger partial charge in [0.25, 0.3) is 0 Å². The van der Waals surface area contributed by atoms with Crippen molar-refractivity contribution < 1.29 is 18.7 Å². The molecule has 0 saturated heterocycles. The summed E-state index contributed by atoms with van der Waals surface area (Å²) in [6.07, 6.45) is 0. The summed E-state index contributed by atoms with van der Waals surface area (Å²) in [5.74, 6) is -3.26. The van der Waals surface area contributed by atoms with Crippen molar-refractivity contribution in [1.82, 2.24) is 0 Å². The van der Waals surface area contributed by atoms with Crippen LogP contribution in [0.2, 0.25) is 0 Å². The molecular formula is C20H11FN2O3. The van der Waals surface area contributed by atoms with Gasteiger partial charge in [-0.25, -0.2) is 4.39 Å². The standard InChI is InChI=1S/C20H11FN2O3/c21-14-8-4-3-7-12(14)15-13(9-22)20(23)26-19-16(15)17(24)10-5-1-2-6-11(10)18(19)25/h1-8,15H,23H2/t15-/m1/s1. The summed E-state index contributed by atoms with van der Waals surface area (Å²) in [5, 5.41) is 9.51. The monoisotopic (exact) mass is 346 g/mol. The van der Waals surface area contributed by atoms with Gasteiger partial charge in [0.1, 0.15) is 17.5 Å². The highest BCUT2D eigenvalue weighted by atomic mass is 19.1. The molecule has 2 aliphatic rings. The summed E-state index contributed by atoms with van der Waals surface area (Å²) >= 11 is 0. The van der Waals surface area contributed by atoms with Crippen LogP contribution in [0.25, 0.3) is 0 Å². The molecule has 1 aliphatic carbocycles. The molecule has 6 heteroatoms. The Hall–Kier alpha value is -3.72. The second-order valence-electron chi connectivity index (χ2n) is 5.89. The molecule has 0 bridgehead atoms. The molecule has 0 aromatic heterocycles. The Morgan fingerprint density at radius 1 is 1.00 bits per heavy atom. The number of fused-ring (bicyclic) bond motifs is 1. The number of carbonyl (C=O) groups is 2. The van der Waals surface area contributed by atoms with E-state index in [4.69, 9.17) is 10.5 Å². The minimum Gasteiger partial charge on any atom is -0.436 e. The van der Waals surface area contributed by atoms with E-state index in [0.717, 1.165) is 0 Å². The van der Waals surface area contributed by atoms with Gasteiger partial charge in [-0.05, 0) is 6.07 Å². The van der Waals surface area contributed by atoms with Crippen LogP contribution in [-0.2, 0) is 4.74 Å². The molecular weight excluding hydrogens is 335 g/mol. The van der Waals surface area contributed by atoms with E-state index in [0.29, 0.717) is 0 Å². The summed E-state index contributed by atoms with van der Waals surface area (Å²) in [4.78, 5) is 25.9. The van der Waals surface area contributed by atoms with Crippen LogP contribution in [0.4, 0.5) is 4.39 Å². The number of Topliss-reactive ketones (excluding diaryl/α,β-unsaturated/α-hetero) is 2. The molecule has 1 heterocycles. The third kappa shape index (κ3) is 2.07. The highest BCUT2D eigenvalue weighted by Crippen LogP contribution is 2.44. The van der Waals surface area contributed by atoms with Crippen molar-refractivity contribution in [3.8, 4) is 6.07 Å². The van der Waals surface area contributed by atoms with Crippen LogP contribution in [0.3, 0.4) is 0 Å². The van der Waals surface area contributed by atoms with Crippen molar-refractivity contribution in [2.75, 3.05) is 0 Å². The Balaban J connectivity index is 2.01. The van der Waals surface area contributed by atoms with Gasteiger partial charge in [0, 0.05) is 16.7 Å². The van der Waals surface area contributed by atoms with E-state index >= 15 is 0 Å². The third-order valence-electron chi connectivity index (χ3n) is 4.50. The summed E-state index contributed by atoms with van der Waals surface area (Å²) in [5.41, 5.74) is 6.12. The zero-order valence-electron chi connectivity index (χ0n) is 13.3. The fraction of sp³-hybridized carbons (Fsp3) is 0.0500. The molecule has 26 heavy (non-hydrogen) atoms. The average Bonchev–Trinajstić information content (AvgIpc) is 2.65. The number of nitriles is 1. The van der Waals surface area contributed by atoms with Crippen molar-refractivity contribution in [3.05, 3.63) is 93.8 Å². The normalized spacial score (nSPS) is 18.8. The van der Waals surface area contributed by atoms with Crippen LogP contribution in [0.5, 0.6) is 0 Å². The van der Waals surface area contributed by atoms with Crippen LogP contribution in [-0.4, -0.2) is 11.6 Å². The highest BCUT2D eigenvalue weighted by Gasteiger charge is 2.44. The van der Waals surface area contributed by atoms with E-state index in [1.807, 2.05) is 6.07 Å². The van der Waals surface area contributed by atoms with Gasteiger partial charge in [-0.2, -0.15) is 5.26 Å². The Morgan fingerprint density at radius 2 is 1.62 bits per heavy atom. The van der Waals surface area contributed by atoms with Crippen LogP contribution < -0.4 is 5.73 Å². The molecule has 0 amide bonds. The van der Waals surface area contributed by atoms with Gasteiger partial charge >= 0.3 is 0 Å². The van der Waals surface area contributed by atoms with Crippen molar-refractivity contribution >= 4 is 11.6 Å². The summed E-state index contributed by atoms with van der Waals surface area (Å²) in [7, 11) is 0. The lowest BCUT2D eigenvalue weighted by atomic mass is 9.75.